The largest absolute Gasteiger partial charge is 0.381 e. The summed E-state index contributed by atoms with van der Waals surface area (Å²) in [6, 6.07) is 1.93. The second-order valence-corrected chi connectivity index (χ2v) is 6.60. The predicted molar refractivity (Wildman–Crippen MR) is 92.9 cm³/mol. The van der Waals surface area contributed by atoms with E-state index in [0.717, 1.165) is 76.5 Å². The smallest absolute Gasteiger partial charge is 0.193 e. The summed E-state index contributed by atoms with van der Waals surface area (Å²) in [7, 11) is 1.85. The van der Waals surface area contributed by atoms with E-state index in [2.05, 4.69) is 25.3 Å². The zero-order valence-electron chi connectivity index (χ0n) is 14.6. The van der Waals surface area contributed by atoms with E-state index in [1.54, 1.807) is 6.26 Å². The van der Waals surface area contributed by atoms with Crippen LogP contribution >= 0.6 is 0 Å². The molecule has 1 N–H and O–H groups in total. The molecule has 0 amide bonds. The maximum absolute atomic E-state index is 5.67. The number of nitrogens with one attached hydrogen (secondary N) is 1. The highest BCUT2D eigenvalue weighted by Crippen LogP contribution is 2.28. The van der Waals surface area contributed by atoms with Gasteiger partial charge in [0.05, 0.1) is 5.69 Å². The number of hydrogen-bond acceptors (Lipinski definition) is 5. The van der Waals surface area contributed by atoms with E-state index >= 15 is 0 Å². The van der Waals surface area contributed by atoms with Gasteiger partial charge in [0.15, 0.2) is 5.96 Å². The Morgan fingerprint density at radius 2 is 2.21 bits per heavy atom. The number of nitrogens with zero attached hydrogens (tertiary/aromatic N) is 4. The molecule has 7 nitrogen and oxygen atoms in total. The van der Waals surface area contributed by atoms with Crippen molar-refractivity contribution >= 4 is 5.96 Å². The molecule has 0 spiro atoms. The third kappa shape index (κ3) is 5.49. The summed E-state index contributed by atoms with van der Waals surface area (Å²) in [4.78, 5) is 9.13. The van der Waals surface area contributed by atoms with Gasteiger partial charge < -0.3 is 19.5 Å². The summed E-state index contributed by atoms with van der Waals surface area (Å²) in [5.74, 6) is 1.84. The molecule has 7 heteroatoms. The number of guanidine groups is 1. The van der Waals surface area contributed by atoms with Crippen molar-refractivity contribution in [3.05, 3.63) is 18.0 Å². The van der Waals surface area contributed by atoms with Gasteiger partial charge in [-0.3, -0.25) is 9.89 Å². The standard InChI is InChI=1S/C17H29N5O2/c1-18-17(19-6-2-11-23-14-15-3-4-15)22-9-7-21(8-10-22)13-16-5-12-24-20-16/h5,12,15H,2-4,6-11,13-14H2,1H3,(H,18,19). The molecule has 2 fully saturated rings. The quantitative estimate of drug-likeness (QED) is 0.437. The monoisotopic (exact) mass is 335 g/mol. The molecule has 1 aromatic rings. The molecular weight excluding hydrogens is 306 g/mol. The Morgan fingerprint density at radius 1 is 1.38 bits per heavy atom. The SMILES string of the molecule is CN=C(NCCCOCC1CC1)N1CCN(Cc2ccon2)CC1. The fraction of sp³-hybridized carbons (Fsp3) is 0.765. The van der Waals surface area contributed by atoms with Crippen molar-refractivity contribution in [3.63, 3.8) is 0 Å². The second-order valence-electron chi connectivity index (χ2n) is 6.60. The lowest BCUT2D eigenvalue weighted by atomic mass is 10.3. The maximum atomic E-state index is 5.67. The van der Waals surface area contributed by atoms with Crippen molar-refractivity contribution in [2.75, 3.05) is 53.0 Å². The van der Waals surface area contributed by atoms with Crippen LogP contribution in [0.4, 0.5) is 0 Å². The minimum absolute atomic E-state index is 0.839. The van der Waals surface area contributed by atoms with E-state index in [4.69, 9.17) is 9.26 Å². The van der Waals surface area contributed by atoms with Gasteiger partial charge in [-0.05, 0) is 25.2 Å². The minimum atomic E-state index is 0.839. The first-order valence-electron chi connectivity index (χ1n) is 9.00. The number of hydrogen-bond donors (Lipinski definition) is 1. The van der Waals surface area contributed by atoms with E-state index < -0.39 is 0 Å². The van der Waals surface area contributed by atoms with Crippen LogP contribution in [0.2, 0.25) is 0 Å². The molecule has 0 radical (unpaired) electrons. The van der Waals surface area contributed by atoms with Crippen LogP contribution in [0.15, 0.2) is 21.8 Å². The number of ether oxygens (including phenoxy) is 1. The van der Waals surface area contributed by atoms with Gasteiger partial charge in [-0.15, -0.1) is 0 Å². The lowest BCUT2D eigenvalue weighted by molar-refractivity contribution is 0.122. The van der Waals surface area contributed by atoms with Crippen molar-refractivity contribution in [1.29, 1.82) is 0 Å². The maximum Gasteiger partial charge on any atom is 0.193 e. The van der Waals surface area contributed by atoms with Crippen LogP contribution in [-0.2, 0) is 11.3 Å². The summed E-state index contributed by atoms with van der Waals surface area (Å²) in [5, 5.41) is 7.44. The number of aliphatic imine (C=N–C) groups is 1. The fourth-order valence-electron chi connectivity index (χ4n) is 2.91. The number of rotatable bonds is 8. The molecule has 0 atom stereocenters. The van der Waals surface area contributed by atoms with Gasteiger partial charge in [-0.25, -0.2) is 0 Å². The molecule has 2 heterocycles. The number of aromatic nitrogens is 1. The Bertz CT molecular complexity index is 493. The average Bonchev–Trinajstić information content (AvgIpc) is 3.30. The predicted octanol–water partition coefficient (Wildman–Crippen LogP) is 1.18. The van der Waals surface area contributed by atoms with Gasteiger partial charge in [-0.2, -0.15) is 0 Å². The van der Waals surface area contributed by atoms with E-state index in [0.29, 0.717) is 0 Å². The van der Waals surface area contributed by atoms with Gasteiger partial charge in [-0.1, -0.05) is 5.16 Å². The Hall–Kier alpha value is -1.60. The molecule has 2 aliphatic rings. The van der Waals surface area contributed by atoms with Crippen LogP contribution in [0.3, 0.4) is 0 Å². The van der Waals surface area contributed by atoms with Crippen molar-refractivity contribution in [2.45, 2.75) is 25.8 Å². The summed E-state index contributed by atoms with van der Waals surface area (Å²) < 4.78 is 10.6. The van der Waals surface area contributed by atoms with Crippen molar-refractivity contribution in [2.24, 2.45) is 10.9 Å². The van der Waals surface area contributed by atoms with Crippen LogP contribution < -0.4 is 5.32 Å². The molecule has 1 aliphatic carbocycles. The van der Waals surface area contributed by atoms with E-state index in [1.165, 1.54) is 12.8 Å². The van der Waals surface area contributed by atoms with Crippen molar-refractivity contribution in [1.82, 2.24) is 20.3 Å². The molecule has 1 aliphatic heterocycles. The number of piperazine rings is 1. The van der Waals surface area contributed by atoms with E-state index in [9.17, 15) is 0 Å². The molecule has 1 saturated heterocycles. The Labute approximate surface area is 144 Å². The summed E-state index contributed by atoms with van der Waals surface area (Å²) >= 11 is 0. The lowest BCUT2D eigenvalue weighted by Crippen LogP contribution is -2.52. The van der Waals surface area contributed by atoms with Crippen LogP contribution in [0.5, 0.6) is 0 Å². The molecule has 3 rings (SSSR count). The first-order chi connectivity index (χ1) is 11.8. The molecular formula is C17H29N5O2. The topological polar surface area (TPSA) is 66.1 Å². The fourth-order valence-corrected chi connectivity index (χ4v) is 2.91. The first-order valence-corrected chi connectivity index (χ1v) is 9.00. The third-order valence-electron chi connectivity index (χ3n) is 4.56. The molecule has 1 aromatic heterocycles. The van der Waals surface area contributed by atoms with Crippen LogP contribution in [-0.4, -0.2) is 73.9 Å². The highest BCUT2D eigenvalue weighted by atomic mass is 16.5. The summed E-state index contributed by atoms with van der Waals surface area (Å²) in [6.07, 6.45) is 5.37. The first kappa shape index (κ1) is 17.2. The molecule has 1 saturated carbocycles. The van der Waals surface area contributed by atoms with Gasteiger partial charge in [0.2, 0.25) is 0 Å². The van der Waals surface area contributed by atoms with E-state index in [1.807, 2.05) is 13.1 Å². The third-order valence-corrected chi connectivity index (χ3v) is 4.56. The van der Waals surface area contributed by atoms with E-state index in [-0.39, 0.29) is 0 Å². The van der Waals surface area contributed by atoms with Crippen LogP contribution in [0.25, 0.3) is 0 Å². The molecule has 0 aromatic carbocycles. The molecule has 0 bridgehead atoms. The average molecular weight is 335 g/mol. The summed E-state index contributed by atoms with van der Waals surface area (Å²) in [5.41, 5.74) is 0.997. The minimum Gasteiger partial charge on any atom is -0.381 e. The zero-order valence-corrected chi connectivity index (χ0v) is 14.6. The Kier molecular flexibility index (Phi) is 6.48. The molecule has 134 valence electrons. The second kappa shape index (κ2) is 9.03. The molecule has 0 unspecified atom stereocenters. The van der Waals surface area contributed by atoms with Gasteiger partial charge in [0.25, 0.3) is 0 Å². The van der Waals surface area contributed by atoms with Crippen molar-refractivity contribution < 1.29 is 9.26 Å². The van der Waals surface area contributed by atoms with Gasteiger partial charge >= 0.3 is 0 Å². The molecule has 24 heavy (non-hydrogen) atoms. The Balaban J connectivity index is 1.29. The highest BCUT2D eigenvalue weighted by Gasteiger charge is 2.21. The van der Waals surface area contributed by atoms with Crippen LogP contribution in [0, 0.1) is 5.92 Å². The normalized spacial score (nSPS) is 19.7. The van der Waals surface area contributed by atoms with Gasteiger partial charge in [0, 0.05) is 65.6 Å². The van der Waals surface area contributed by atoms with Gasteiger partial charge in [0.1, 0.15) is 6.26 Å². The van der Waals surface area contributed by atoms with Crippen molar-refractivity contribution in [3.8, 4) is 0 Å². The highest BCUT2D eigenvalue weighted by molar-refractivity contribution is 5.79. The summed E-state index contributed by atoms with van der Waals surface area (Å²) in [6.45, 7) is 7.54. The Morgan fingerprint density at radius 3 is 2.88 bits per heavy atom. The zero-order chi connectivity index (χ0) is 16.6. The van der Waals surface area contributed by atoms with Crippen LogP contribution in [0.1, 0.15) is 25.0 Å². The lowest BCUT2D eigenvalue weighted by Gasteiger charge is -2.36.